The molecule has 1 fully saturated rings. The summed E-state index contributed by atoms with van der Waals surface area (Å²) >= 11 is 0. The van der Waals surface area contributed by atoms with Gasteiger partial charge in [0.1, 0.15) is 5.84 Å². The molecule has 0 aromatic carbocycles. The largest absolute Gasteiger partial charge is 0.409 e. The van der Waals surface area contributed by atoms with Gasteiger partial charge in [-0.3, -0.25) is 0 Å². The van der Waals surface area contributed by atoms with Crippen molar-refractivity contribution in [3.05, 3.63) is 0 Å². The van der Waals surface area contributed by atoms with Gasteiger partial charge >= 0.3 is 0 Å². The van der Waals surface area contributed by atoms with Gasteiger partial charge in [0.05, 0.1) is 11.5 Å². The van der Waals surface area contributed by atoms with Crippen LogP contribution in [-0.2, 0) is 9.84 Å². The Morgan fingerprint density at radius 1 is 1.69 bits per heavy atom. The lowest BCUT2D eigenvalue weighted by Crippen LogP contribution is -2.47. The molecular formula is C9H19N3O3S. The highest BCUT2D eigenvalue weighted by Gasteiger charge is 2.38. The minimum atomic E-state index is -2.90. The molecule has 2 atom stereocenters. The second-order valence-corrected chi connectivity index (χ2v) is 6.89. The Bertz CT molecular complexity index is 379. The molecule has 7 heteroatoms. The van der Waals surface area contributed by atoms with E-state index in [0.29, 0.717) is 13.0 Å². The monoisotopic (exact) mass is 249 g/mol. The topological polar surface area (TPSA) is 105 Å². The molecule has 4 N–H and O–H groups in total. The Morgan fingerprint density at radius 3 is 2.75 bits per heavy atom. The van der Waals surface area contributed by atoms with Crippen LogP contribution in [0.25, 0.3) is 0 Å². The van der Waals surface area contributed by atoms with Crippen LogP contribution in [0.15, 0.2) is 5.16 Å². The number of sulfone groups is 1. The van der Waals surface area contributed by atoms with Gasteiger partial charge in [0, 0.05) is 18.0 Å². The molecule has 0 aliphatic carbocycles. The summed E-state index contributed by atoms with van der Waals surface area (Å²) in [6.07, 6.45) is 0.609. The first-order valence-electron chi connectivity index (χ1n) is 5.21. The van der Waals surface area contributed by atoms with Gasteiger partial charge < -0.3 is 16.3 Å². The van der Waals surface area contributed by atoms with E-state index in [1.54, 1.807) is 0 Å². The molecule has 0 bridgehead atoms. The SMILES string of the molecule is CC(CNC1(C)CCS(=O)(=O)C1)C(N)=NO. The molecule has 0 amide bonds. The van der Waals surface area contributed by atoms with Gasteiger partial charge in [-0.25, -0.2) is 8.42 Å². The minimum Gasteiger partial charge on any atom is -0.409 e. The van der Waals surface area contributed by atoms with E-state index in [4.69, 9.17) is 10.9 Å². The highest BCUT2D eigenvalue weighted by atomic mass is 32.2. The van der Waals surface area contributed by atoms with Crippen molar-refractivity contribution in [3.63, 3.8) is 0 Å². The molecule has 0 spiro atoms. The Labute approximate surface area is 95.8 Å². The second kappa shape index (κ2) is 4.58. The van der Waals surface area contributed by atoms with Gasteiger partial charge in [-0.05, 0) is 13.3 Å². The predicted octanol–water partition coefficient (Wildman–Crippen LogP) is -0.464. The van der Waals surface area contributed by atoms with Gasteiger partial charge in [0.25, 0.3) is 0 Å². The van der Waals surface area contributed by atoms with Crippen LogP contribution in [0, 0.1) is 5.92 Å². The van der Waals surface area contributed by atoms with E-state index in [0.717, 1.165) is 0 Å². The van der Waals surface area contributed by atoms with Crippen molar-refractivity contribution in [2.75, 3.05) is 18.1 Å². The third-order valence-corrected chi connectivity index (χ3v) is 4.86. The number of oxime groups is 1. The smallest absolute Gasteiger partial charge is 0.152 e. The fraction of sp³-hybridized carbons (Fsp3) is 0.889. The summed E-state index contributed by atoms with van der Waals surface area (Å²) in [4.78, 5) is 0. The van der Waals surface area contributed by atoms with Crippen LogP contribution in [0.2, 0.25) is 0 Å². The van der Waals surface area contributed by atoms with E-state index in [9.17, 15) is 8.42 Å². The van der Waals surface area contributed by atoms with Crippen LogP contribution in [0.5, 0.6) is 0 Å². The first-order valence-corrected chi connectivity index (χ1v) is 7.03. The van der Waals surface area contributed by atoms with Crippen molar-refractivity contribution in [1.82, 2.24) is 5.32 Å². The third kappa shape index (κ3) is 3.34. The van der Waals surface area contributed by atoms with Crippen LogP contribution in [0.1, 0.15) is 20.3 Å². The molecule has 0 aromatic rings. The summed E-state index contributed by atoms with van der Waals surface area (Å²) in [6, 6.07) is 0. The fourth-order valence-corrected chi connectivity index (χ4v) is 3.88. The van der Waals surface area contributed by atoms with Crippen molar-refractivity contribution in [1.29, 1.82) is 0 Å². The van der Waals surface area contributed by atoms with Gasteiger partial charge in [0.15, 0.2) is 9.84 Å². The zero-order valence-corrected chi connectivity index (χ0v) is 10.4. The Hall–Kier alpha value is -0.820. The highest BCUT2D eigenvalue weighted by molar-refractivity contribution is 7.91. The van der Waals surface area contributed by atoms with Crippen LogP contribution in [-0.4, -0.2) is 43.1 Å². The van der Waals surface area contributed by atoms with Crippen molar-refractivity contribution < 1.29 is 13.6 Å². The molecule has 0 aromatic heterocycles. The number of rotatable bonds is 4. The van der Waals surface area contributed by atoms with E-state index in [1.165, 1.54) is 0 Å². The Morgan fingerprint density at radius 2 is 2.31 bits per heavy atom. The van der Waals surface area contributed by atoms with Crippen LogP contribution >= 0.6 is 0 Å². The fourth-order valence-electron chi connectivity index (χ4n) is 1.75. The van der Waals surface area contributed by atoms with Crippen molar-refractivity contribution in [2.45, 2.75) is 25.8 Å². The van der Waals surface area contributed by atoms with Crippen LogP contribution in [0.4, 0.5) is 0 Å². The van der Waals surface area contributed by atoms with Crippen LogP contribution in [0.3, 0.4) is 0 Å². The summed E-state index contributed by atoms with van der Waals surface area (Å²) in [7, 11) is -2.90. The Kier molecular flexibility index (Phi) is 3.80. The molecule has 16 heavy (non-hydrogen) atoms. The summed E-state index contributed by atoms with van der Waals surface area (Å²) < 4.78 is 22.7. The van der Waals surface area contributed by atoms with Gasteiger partial charge in [-0.1, -0.05) is 12.1 Å². The lowest BCUT2D eigenvalue weighted by molar-refractivity contribution is 0.312. The molecule has 1 heterocycles. The van der Waals surface area contributed by atoms with Crippen molar-refractivity contribution >= 4 is 15.7 Å². The summed E-state index contributed by atoms with van der Waals surface area (Å²) in [5.74, 6) is 0.416. The zero-order chi connectivity index (χ0) is 12.4. The molecule has 1 aliphatic heterocycles. The number of hydrogen-bond acceptors (Lipinski definition) is 5. The lowest BCUT2D eigenvalue weighted by Gasteiger charge is -2.25. The number of hydrogen-bond donors (Lipinski definition) is 3. The normalized spacial score (nSPS) is 31.5. The lowest BCUT2D eigenvalue weighted by atomic mass is 10.0. The average Bonchev–Trinajstić information content (AvgIpc) is 2.49. The maximum atomic E-state index is 11.4. The number of nitrogens with zero attached hydrogens (tertiary/aromatic N) is 1. The Balaban J connectivity index is 2.50. The van der Waals surface area contributed by atoms with Gasteiger partial charge in [-0.2, -0.15) is 0 Å². The standard InChI is InChI=1S/C9H19N3O3S/c1-7(8(10)12-13)5-11-9(2)3-4-16(14,15)6-9/h7,11,13H,3-6H2,1-2H3,(H2,10,12). The summed E-state index contributed by atoms with van der Waals surface area (Å²) in [5, 5.41) is 14.6. The van der Waals surface area contributed by atoms with Crippen molar-refractivity contribution in [2.24, 2.45) is 16.8 Å². The maximum Gasteiger partial charge on any atom is 0.152 e. The van der Waals surface area contributed by atoms with E-state index in [2.05, 4.69) is 10.5 Å². The van der Waals surface area contributed by atoms with E-state index >= 15 is 0 Å². The highest BCUT2D eigenvalue weighted by Crippen LogP contribution is 2.22. The molecule has 1 saturated heterocycles. The van der Waals surface area contributed by atoms with Crippen LogP contribution < -0.4 is 11.1 Å². The molecule has 1 rings (SSSR count). The van der Waals surface area contributed by atoms with E-state index < -0.39 is 9.84 Å². The predicted molar refractivity (Wildman–Crippen MR) is 62.3 cm³/mol. The quantitative estimate of drug-likeness (QED) is 0.270. The number of nitrogens with two attached hydrogens (primary N) is 1. The first-order chi connectivity index (χ1) is 7.28. The van der Waals surface area contributed by atoms with Gasteiger partial charge in [0.2, 0.25) is 0 Å². The first kappa shape index (κ1) is 13.2. The van der Waals surface area contributed by atoms with Crippen molar-refractivity contribution in [3.8, 4) is 0 Å². The number of nitrogens with one attached hydrogen (secondary N) is 1. The minimum absolute atomic E-state index is 0.120. The number of amidine groups is 1. The second-order valence-electron chi connectivity index (χ2n) is 4.71. The van der Waals surface area contributed by atoms with E-state index in [1.807, 2.05) is 13.8 Å². The maximum absolute atomic E-state index is 11.4. The molecule has 94 valence electrons. The molecular weight excluding hydrogens is 230 g/mol. The molecule has 1 aliphatic rings. The molecule has 6 nitrogen and oxygen atoms in total. The average molecular weight is 249 g/mol. The zero-order valence-electron chi connectivity index (χ0n) is 9.60. The van der Waals surface area contributed by atoms with Gasteiger partial charge in [-0.15, -0.1) is 0 Å². The van der Waals surface area contributed by atoms with E-state index in [-0.39, 0.29) is 28.8 Å². The third-order valence-electron chi connectivity index (χ3n) is 2.96. The molecule has 0 radical (unpaired) electrons. The summed E-state index contributed by atoms with van der Waals surface area (Å²) in [5.41, 5.74) is 5.05. The molecule has 0 saturated carbocycles. The summed E-state index contributed by atoms with van der Waals surface area (Å²) in [6.45, 7) is 4.20. The molecule has 2 unspecified atom stereocenters.